The molecule has 4 atom stereocenters. The third-order valence-electron chi connectivity index (χ3n) is 7.19. The number of hydrogen-bond acceptors (Lipinski definition) is 3. The molecule has 0 radical (unpaired) electrons. The molecule has 23 heavy (non-hydrogen) atoms. The second-order valence-corrected chi connectivity index (χ2v) is 8.41. The van der Waals surface area contributed by atoms with Crippen molar-refractivity contribution in [3.8, 4) is 0 Å². The minimum Gasteiger partial charge on any atom is -0.388 e. The summed E-state index contributed by atoms with van der Waals surface area (Å²) in [4.78, 5) is 12.9. The fourth-order valence-electron chi connectivity index (χ4n) is 4.95. The van der Waals surface area contributed by atoms with Crippen LogP contribution in [0.4, 0.5) is 0 Å². The van der Waals surface area contributed by atoms with Gasteiger partial charge in [-0.15, -0.1) is 0 Å². The zero-order chi connectivity index (χ0) is 17.0. The molecule has 1 aromatic carbocycles. The van der Waals surface area contributed by atoms with Gasteiger partial charge in [-0.05, 0) is 43.1 Å². The lowest BCUT2D eigenvalue weighted by molar-refractivity contribution is -0.157. The van der Waals surface area contributed by atoms with Crippen LogP contribution in [0.2, 0.25) is 0 Å². The van der Waals surface area contributed by atoms with Gasteiger partial charge in [0.2, 0.25) is 0 Å². The van der Waals surface area contributed by atoms with Crippen LogP contribution in [0.3, 0.4) is 0 Å². The number of aryl methyl sites for hydroxylation is 1. The van der Waals surface area contributed by atoms with Crippen molar-refractivity contribution in [3.05, 3.63) is 35.4 Å². The maximum atomic E-state index is 12.9. The Labute approximate surface area is 138 Å². The number of hydrogen-bond donors (Lipinski definition) is 2. The maximum absolute atomic E-state index is 12.9. The smallest absolute Gasteiger partial charge is 0.167 e. The lowest BCUT2D eigenvalue weighted by atomic mass is 9.62. The summed E-state index contributed by atoms with van der Waals surface area (Å²) in [7, 11) is 0. The second kappa shape index (κ2) is 5.15. The summed E-state index contributed by atoms with van der Waals surface area (Å²) in [6.07, 6.45) is 1.64. The standard InChI is InChI=1S/C20H28O3/c1-13-5-7-14(8-6-13)16(21)11-17(22)20(23)12-15-9-10-19(20,4)18(15,2)3/h5-8,15-16,21,23H,9-12H2,1-4H3/t15-,16-,19-,20+/m1/s1. The Morgan fingerprint density at radius 1 is 1.26 bits per heavy atom. The Bertz CT molecular complexity index is 618. The van der Waals surface area contributed by atoms with Gasteiger partial charge in [0.1, 0.15) is 5.60 Å². The molecule has 2 N–H and O–H groups in total. The summed E-state index contributed by atoms with van der Waals surface area (Å²) in [5, 5.41) is 21.6. The summed E-state index contributed by atoms with van der Waals surface area (Å²) in [5.74, 6) is 0.182. The molecule has 0 amide bonds. The van der Waals surface area contributed by atoms with Crippen molar-refractivity contribution < 1.29 is 15.0 Å². The molecule has 2 aliphatic carbocycles. The van der Waals surface area contributed by atoms with E-state index >= 15 is 0 Å². The Morgan fingerprint density at radius 2 is 1.87 bits per heavy atom. The summed E-state index contributed by atoms with van der Waals surface area (Å²) in [6.45, 7) is 8.39. The van der Waals surface area contributed by atoms with Crippen LogP contribution < -0.4 is 0 Å². The van der Waals surface area contributed by atoms with E-state index in [0.29, 0.717) is 12.3 Å². The van der Waals surface area contributed by atoms with E-state index in [0.717, 1.165) is 24.0 Å². The largest absolute Gasteiger partial charge is 0.388 e. The topological polar surface area (TPSA) is 57.5 Å². The van der Waals surface area contributed by atoms with Crippen LogP contribution in [-0.2, 0) is 4.79 Å². The van der Waals surface area contributed by atoms with E-state index < -0.39 is 17.1 Å². The first-order chi connectivity index (χ1) is 10.6. The molecule has 1 aromatic rings. The molecule has 0 aliphatic heterocycles. The number of fused-ring (bicyclic) bond motifs is 2. The van der Waals surface area contributed by atoms with Crippen LogP contribution in [0.15, 0.2) is 24.3 Å². The number of rotatable bonds is 4. The van der Waals surface area contributed by atoms with E-state index in [1.165, 1.54) is 0 Å². The third kappa shape index (κ3) is 2.20. The van der Waals surface area contributed by atoms with Gasteiger partial charge in [-0.1, -0.05) is 50.6 Å². The van der Waals surface area contributed by atoms with Crippen LogP contribution in [0.25, 0.3) is 0 Å². The predicted octanol–water partition coefficient (Wildman–Crippen LogP) is 3.56. The predicted molar refractivity (Wildman–Crippen MR) is 89.9 cm³/mol. The molecule has 3 nitrogen and oxygen atoms in total. The highest BCUT2D eigenvalue weighted by atomic mass is 16.3. The fourth-order valence-corrected chi connectivity index (χ4v) is 4.95. The van der Waals surface area contributed by atoms with E-state index in [1.807, 2.05) is 31.2 Å². The Balaban J connectivity index is 1.80. The third-order valence-corrected chi connectivity index (χ3v) is 7.19. The number of ketones is 1. The number of carbonyl (C=O) groups excluding carboxylic acids is 1. The monoisotopic (exact) mass is 316 g/mol. The molecular weight excluding hydrogens is 288 g/mol. The number of carbonyl (C=O) groups is 1. The van der Waals surface area contributed by atoms with Gasteiger partial charge in [-0.3, -0.25) is 4.79 Å². The SMILES string of the molecule is Cc1ccc([C@H](O)CC(=O)[C@@]2(O)C[C@H]3CC[C@]2(C)C3(C)C)cc1. The van der Waals surface area contributed by atoms with Gasteiger partial charge in [0.05, 0.1) is 6.10 Å². The number of Topliss-reactive ketones (excluding diaryl/α,β-unsaturated/α-hetero) is 1. The summed E-state index contributed by atoms with van der Waals surface area (Å²) >= 11 is 0. The molecule has 0 unspecified atom stereocenters. The highest BCUT2D eigenvalue weighted by Gasteiger charge is 2.70. The molecule has 2 aliphatic rings. The van der Waals surface area contributed by atoms with Crippen molar-refractivity contribution >= 4 is 5.78 Å². The molecule has 2 saturated carbocycles. The van der Waals surface area contributed by atoms with Gasteiger partial charge in [0, 0.05) is 11.8 Å². The Kier molecular flexibility index (Phi) is 3.73. The minimum atomic E-state index is -1.30. The molecule has 3 rings (SSSR count). The van der Waals surface area contributed by atoms with Crippen LogP contribution in [-0.4, -0.2) is 21.6 Å². The van der Waals surface area contributed by atoms with Gasteiger partial charge >= 0.3 is 0 Å². The molecule has 0 spiro atoms. The number of aliphatic hydroxyl groups is 2. The number of benzene rings is 1. The van der Waals surface area contributed by atoms with Crippen LogP contribution >= 0.6 is 0 Å². The minimum absolute atomic E-state index is 0.0159. The fraction of sp³-hybridized carbons (Fsp3) is 0.650. The highest BCUT2D eigenvalue weighted by molar-refractivity contribution is 5.89. The first-order valence-corrected chi connectivity index (χ1v) is 8.62. The van der Waals surface area contributed by atoms with Crippen LogP contribution in [0.1, 0.15) is 63.7 Å². The van der Waals surface area contributed by atoms with E-state index in [2.05, 4.69) is 20.8 Å². The summed E-state index contributed by atoms with van der Waals surface area (Å²) < 4.78 is 0. The molecule has 3 heteroatoms. The molecule has 0 heterocycles. The van der Waals surface area contributed by atoms with E-state index in [1.54, 1.807) is 0 Å². The molecule has 2 bridgehead atoms. The van der Waals surface area contributed by atoms with Gasteiger partial charge in [0.25, 0.3) is 0 Å². The van der Waals surface area contributed by atoms with Gasteiger partial charge in [0.15, 0.2) is 5.78 Å². The first kappa shape index (κ1) is 16.7. The number of aliphatic hydroxyl groups excluding tert-OH is 1. The zero-order valence-electron chi connectivity index (χ0n) is 14.6. The Hall–Kier alpha value is -1.19. The first-order valence-electron chi connectivity index (χ1n) is 8.62. The van der Waals surface area contributed by atoms with Gasteiger partial charge in [-0.25, -0.2) is 0 Å². The van der Waals surface area contributed by atoms with E-state index in [9.17, 15) is 15.0 Å². The van der Waals surface area contributed by atoms with E-state index in [4.69, 9.17) is 0 Å². The lowest BCUT2D eigenvalue weighted by Gasteiger charge is -2.44. The average Bonchev–Trinajstić information content (AvgIpc) is 2.80. The molecule has 0 aromatic heterocycles. The van der Waals surface area contributed by atoms with Gasteiger partial charge < -0.3 is 10.2 Å². The van der Waals surface area contributed by atoms with E-state index in [-0.39, 0.29) is 17.6 Å². The average molecular weight is 316 g/mol. The Morgan fingerprint density at radius 3 is 2.35 bits per heavy atom. The summed E-state index contributed by atoms with van der Waals surface area (Å²) in [5.41, 5.74) is 0.125. The maximum Gasteiger partial charge on any atom is 0.167 e. The van der Waals surface area contributed by atoms with Gasteiger partial charge in [-0.2, -0.15) is 0 Å². The zero-order valence-corrected chi connectivity index (χ0v) is 14.6. The summed E-state index contributed by atoms with van der Waals surface area (Å²) in [6, 6.07) is 7.56. The van der Waals surface area contributed by atoms with Crippen molar-refractivity contribution in [2.75, 3.05) is 0 Å². The van der Waals surface area contributed by atoms with Crippen molar-refractivity contribution in [3.63, 3.8) is 0 Å². The normalized spacial score (nSPS) is 36.2. The molecular formula is C20H28O3. The van der Waals surface area contributed by atoms with Crippen LogP contribution in [0.5, 0.6) is 0 Å². The lowest BCUT2D eigenvalue weighted by Crippen LogP contribution is -2.53. The van der Waals surface area contributed by atoms with Crippen molar-refractivity contribution in [1.82, 2.24) is 0 Å². The van der Waals surface area contributed by atoms with Crippen molar-refractivity contribution in [2.45, 2.75) is 65.1 Å². The van der Waals surface area contributed by atoms with Crippen LogP contribution in [0, 0.1) is 23.7 Å². The molecule has 0 saturated heterocycles. The molecule has 126 valence electrons. The quantitative estimate of drug-likeness (QED) is 0.893. The van der Waals surface area contributed by atoms with Crippen molar-refractivity contribution in [2.24, 2.45) is 16.7 Å². The highest BCUT2D eigenvalue weighted by Crippen LogP contribution is 2.70. The second-order valence-electron chi connectivity index (χ2n) is 8.41. The van der Waals surface area contributed by atoms with Crippen molar-refractivity contribution in [1.29, 1.82) is 0 Å². The molecule has 2 fully saturated rings.